The smallest absolute Gasteiger partial charge is 0.253 e. The van der Waals surface area contributed by atoms with Crippen LogP contribution in [0.15, 0.2) is 60.8 Å². The van der Waals surface area contributed by atoms with E-state index < -0.39 is 10.0 Å². The van der Waals surface area contributed by atoms with Crippen LogP contribution in [0, 0.1) is 0 Å². The molecule has 1 aliphatic rings. The minimum absolute atomic E-state index is 0.102. The van der Waals surface area contributed by atoms with Crippen LogP contribution < -0.4 is 5.32 Å². The van der Waals surface area contributed by atoms with Gasteiger partial charge in [-0.2, -0.15) is 4.31 Å². The number of carbonyl (C=O) groups is 1. The maximum atomic E-state index is 12.8. The van der Waals surface area contributed by atoms with Gasteiger partial charge in [0.2, 0.25) is 10.0 Å². The lowest BCUT2D eigenvalue weighted by molar-refractivity contribution is 0.0729. The summed E-state index contributed by atoms with van der Waals surface area (Å²) < 4.78 is 32.3. The van der Waals surface area contributed by atoms with E-state index in [1.165, 1.54) is 4.31 Å². The first-order valence-corrected chi connectivity index (χ1v) is 11.4. The molecular weight excluding hydrogens is 402 g/mol. The third-order valence-corrected chi connectivity index (χ3v) is 6.96. The average Bonchev–Trinajstić information content (AvgIpc) is 2.78. The maximum absolute atomic E-state index is 12.8. The molecule has 7 nitrogen and oxygen atoms in total. The van der Waals surface area contributed by atoms with Crippen molar-refractivity contribution in [3.8, 4) is 0 Å². The second-order valence-corrected chi connectivity index (χ2v) is 9.07. The van der Waals surface area contributed by atoms with Crippen LogP contribution in [0.5, 0.6) is 0 Å². The predicted octanol–water partition coefficient (Wildman–Crippen LogP) is 2.33. The highest BCUT2D eigenvalue weighted by molar-refractivity contribution is 7.88. The van der Waals surface area contributed by atoms with Crippen molar-refractivity contribution in [2.45, 2.75) is 12.3 Å². The lowest BCUT2D eigenvalue weighted by Crippen LogP contribution is -2.41. The van der Waals surface area contributed by atoms with E-state index >= 15 is 0 Å². The van der Waals surface area contributed by atoms with Gasteiger partial charge in [-0.3, -0.25) is 9.78 Å². The third kappa shape index (κ3) is 4.51. The van der Waals surface area contributed by atoms with E-state index in [-0.39, 0.29) is 18.2 Å². The number of benzene rings is 2. The summed E-state index contributed by atoms with van der Waals surface area (Å²) in [4.78, 5) is 17.1. The maximum Gasteiger partial charge on any atom is 0.253 e. The minimum Gasteiger partial charge on any atom is -0.379 e. The number of ether oxygens (including phenoxy) is 1. The van der Waals surface area contributed by atoms with Crippen LogP contribution in [-0.2, 0) is 27.1 Å². The van der Waals surface area contributed by atoms with Gasteiger partial charge in [0.1, 0.15) is 0 Å². The summed E-state index contributed by atoms with van der Waals surface area (Å²) in [7, 11) is -3.45. The highest BCUT2D eigenvalue weighted by atomic mass is 32.2. The summed E-state index contributed by atoms with van der Waals surface area (Å²) >= 11 is 0. The lowest BCUT2D eigenvalue weighted by Gasteiger charge is -2.26. The van der Waals surface area contributed by atoms with Crippen molar-refractivity contribution >= 4 is 26.8 Å². The van der Waals surface area contributed by atoms with Crippen molar-refractivity contribution in [1.82, 2.24) is 14.6 Å². The summed E-state index contributed by atoms with van der Waals surface area (Å²) in [6, 6.07) is 16.5. The molecule has 0 atom stereocenters. The first-order valence-electron chi connectivity index (χ1n) is 9.79. The molecule has 0 saturated carbocycles. The molecule has 2 aromatic carbocycles. The van der Waals surface area contributed by atoms with Crippen LogP contribution in [0.2, 0.25) is 0 Å². The van der Waals surface area contributed by atoms with Gasteiger partial charge < -0.3 is 10.1 Å². The number of sulfonamides is 1. The molecule has 1 aliphatic heterocycles. The number of fused-ring (bicyclic) bond motifs is 1. The topological polar surface area (TPSA) is 88.6 Å². The van der Waals surface area contributed by atoms with Crippen molar-refractivity contribution in [1.29, 1.82) is 0 Å². The van der Waals surface area contributed by atoms with E-state index in [0.29, 0.717) is 42.9 Å². The van der Waals surface area contributed by atoms with Crippen LogP contribution in [0.4, 0.5) is 0 Å². The van der Waals surface area contributed by atoms with Gasteiger partial charge in [-0.1, -0.05) is 42.5 Å². The summed E-state index contributed by atoms with van der Waals surface area (Å²) in [6.45, 7) is 1.80. The minimum atomic E-state index is -3.45. The molecule has 1 N–H and O–H groups in total. The summed E-state index contributed by atoms with van der Waals surface area (Å²) in [5, 5.41) is 3.80. The summed E-state index contributed by atoms with van der Waals surface area (Å²) in [6.07, 6.45) is 1.66. The third-order valence-electron chi connectivity index (χ3n) is 5.14. The number of aromatic nitrogens is 1. The first-order chi connectivity index (χ1) is 14.5. The average molecular weight is 426 g/mol. The van der Waals surface area contributed by atoms with Gasteiger partial charge >= 0.3 is 0 Å². The number of nitrogens with one attached hydrogen (secondary N) is 1. The first kappa shape index (κ1) is 20.5. The number of morpholine rings is 1. The number of hydrogen-bond donors (Lipinski definition) is 1. The van der Waals surface area contributed by atoms with Crippen molar-refractivity contribution in [2.24, 2.45) is 0 Å². The number of rotatable bonds is 6. The summed E-state index contributed by atoms with van der Waals surface area (Å²) in [5.74, 6) is -0.348. The quantitative estimate of drug-likeness (QED) is 0.655. The monoisotopic (exact) mass is 425 g/mol. The standard InChI is InChI=1S/C22H23N3O4S/c26-22(20-9-3-7-17-8-4-10-23-21(17)20)24-15-18-5-1-2-6-19(18)16-30(27,28)25-11-13-29-14-12-25/h1-10H,11-16H2,(H,24,26). The van der Waals surface area contributed by atoms with Gasteiger partial charge in [0, 0.05) is 31.2 Å². The highest BCUT2D eigenvalue weighted by Crippen LogP contribution is 2.18. The van der Waals surface area contributed by atoms with Crippen molar-refractivity contribution < 1.29 is 17.9 Å². The van der Waals surface area contributed by atoms with Crippen LogP contribution >= 0.6 is 0 Å². The molecule has 0 radical (unpaired) electrons. The zero-order valence-electron chi connectivity index (χ0n) is 16.5. The Morgan fingerprint density at radius 1 is 1.00 bits per heavy atom. The fourth-order valence-electron chi connectivity index (χ4n) is 3.54. The number of nitrogens with zero attached hydrogens (tertiary/aromatic N) is 2. The van der Waals surface area contributed by atoms with Gasteiger partial charge in [0.05, 0.1) is 30.0 Å². The zero-order valence-corrected chi connectivity index (χ0v) is 17.3. The normalized spacial score (nSPS) is 15.2. The number of para-hydroxylation sites is 1. The molecular formula is C22H23N3O4S. The highest BCUT2D eigenvalue weighted by Gasteiger charge is 2.25. The molecule has 1 saturated heterocycles. The second-order valence-electron chi connectivity index (χ2n) is 7.10. The molecule has 0 aliphatic carbocycles. The van der Waals surface area contributed by atoms with E-state index in [4.69, 9.17) is 4.74 Å². The molecule has 30 heavy (non-hydrogen) atoms. The molecule has 0 bridgehead atoms. The Kier molecular flexibility index (Phi) is 6.08. The second kappa shape index (κ2) is 8.91. The Morgan fingerprint density at radius 3 is 2.53 bits per heavy atom. The Bertz CT molecular complexity index is 1150. The molecule has 0 spiro atoms. The summed E-state index contributed by atoms with van der Waals surface area (Å²) in [5.41, 5.74) is 2.59. The number of carbonyl (C=O) groups excluding carboxylic acids is 1. The lowest BCUT2D eigenvalue weighted by atomic mass is 10.1. The Morgan fingerprint density at radius 2 is 1.73 bits per heavy atom. The van der Waals surface area contributed by atoms with Crippen molar-refractivity contribution in [2.75, 3.05) is 26.3 Å². The number of amides is 1. The molecule has 156 valence electrons. The Labute approximate surface area is 175 Å². The van der Waals surface area contributed by atoms with Gasteiger partial charge in [0.15, 0.2) is 0 Å². The Balaban J connectivity index is 1.50. The molecule has 1 aromatic heterocycles. The van der Waals surface area contributed by atoms with Crippen molar-refractivity contribution in [3.05, 3.63) is 77.5 Å². The van der Waals surface area contributed by atoms with Crippen LogP contribution in [-0.4, -0.2) is 49.9 Å². The molecule has 1 amide bonds. The molecule has 2 heterocycles. The fourth-order valence-corrected chi connectivity index (χ4v) is 5.10. The Hall–Kier alpha value is -2.81. The van der Waals surface area contributed by atoms with Crippen LogP contribution in [0.3, 0.4) is 0 Å². The molecule has 8 heteroatoms. The van der Waals surface area contributed by atoms with Gasteiger partial charge in [-0.15, -0.1) is 0 Å². The van der Waals surface area contributed by atoms with E-state index in [0.717, 1.165) is 10.9 Å². The number of pyridine rings is 1. The SMILES string of the molecule is O=C(NCc1ccccc1CS(=O)(=O)N1CCOCC1)c1cccc2cccnc12. The van der Waals surface area contributed by atoms with E-state index in [1.807, 2.05) is 42.5 Å². The molecule has 0 unspecified atom stereocenters. The van der Waals surface area contributed by atoms with Crippen LogP contribution in [0.1, 0.15) is 21.5 Å². The number of hydrogen-bond acceptors (Lipinski definition) is 5. The van der Waals surface area contributed by atoms with E-state index in [2.05, 4.69) is 10.3 Å². The van der Waals surface area contributed by atoms with Gasteiger partial charge in [-0.05, 0) is 23.3 Å². The van der Waals surface area contributed by atoms with Crippen molar-refractivity contribution in [3.63, 3.8) is 0 Å². The predicted molar refractivity (Wildman–Crippen MR) is 114 cm³/mol. The zero-order chi connectivity index (χ0) is 21.0. The molecule has 4 rings (SSSR count). The fraction of sp³-hybridized carbons (Fsp3) is 0.273. The van der Waals surface area contributed by atoms with Gasteiger partial charge in [-0.25, -0.2) is 8.42 Å². The van der Waals surface area contributed by atoms with E-state index in [1.54, 1.807) is 18.3 Å². The molecule has 3 aromatic rings. The largest absolute Gasteiger partial charge is 0.379 e. The van der Waals surface area contributed by atoms with Crippen LogP contribution in [0.25, 0.3) is 10.9 Å². The van der Waals surface area contributed by atoms with Gasteiger partial charge in [0.25, 0.3) is 5.91 Å². The molecule has 1 fully saturated rings. The van der Waals surface area contributed by atoms with E-state index in [9.17, 15) is 13.2 Å².